The van der Waals surface area contributed by atoms with Gasteiger partial charge in [-0.1, -0.05) is 0 Å². The first-order valence-corrected chi connectivity index (χ1v) is 6.51. The fourth-order valence-corrected chi connectivity index (χ4v) is 1.95. The van der Waals surface area contributed by atoms with Crippen LogP contribution in [0.4, 0.5) is 11.4 Å². The number of ether oxygens (including phenoxy) is 1. The number of nitro groups is 1. The predicted molar refractivity (Wildman–Crippen MR) is 73.7 cm³/mol. The zero-order valence-corrected chi connectivity index (χ0v) is 11.2. The van der Waals surface area contributed by atoms with Gasteiger partial charge in [0.05, 0.1) is 11.0 Å². The summed E-state index contributed by atoms with van der Waals surface area (Å²) in [6.07, 6.45) is 1.78. The predicted octanol–water partition coefficient (Wildman–Crippen LogP) is 0.828. The average molecular weight is 293 g/mol. The highest BCUT2D eigenvalue weighted by Crippen LogP contribution is 2.15. The number of nitrogens with one attached hydrogen (secondary N) is 2. The normalized spacial score (nSPS) is 17.2. The number of amides is 2. The molecule has 21 heavy (non-hydrogen) atoms. The fraction of sp³-hybridized carbons (Fsp3) is 0.385. The van der Waals surface area contributed by atoms with Crippen molar-refractivity contribution in [3.63, 3.8) is 0 Å². The van der Waals surface area contributed by atoms with Crippen LogP contribution in [0, 0.1) is 10.1 Å². The van der Waals surface area contributed by atoms with Crippen LogP contribution in [0.2, 0.25) is 0 Å². The number of carbonyl (C=O) groups excluding carboxylic acids is 2. The summed E-state index contributed by atoms with van der Waals surface area (Å²) in [7, 11) is 0. The summed E-state index contributed by atoms with van der Waals surface area (Å²) in [5.74, 6) is -1.58. The number of hydrogen-bond acceptors (Lipinski definition) is 5. The van der Waals surface area contributed by atoms with Gasteiger partial charge in [-0.15, -0.1) is 0 Å². The number of anilines is 1. The Kier molecular flexibility index (Phi) is 4.83. The third kappa shape index (κ3) is 4.25. The van der Waals surface area contributed by atoms with Gasteiger partial charge in [0.25, 0.3) is 5.69 Å². The molecule has 1 aromatic carbocycles. The maximum atomic E-state index is 11.6. The van der Waals surface area contributed by atoms with Gasteiger partial charge in [0.1, 0.15) is 0 Å². The number of nitrogens with zero attached hydrogens (tertiary/aromatic N) is 1. The molecular weight excluding hydrogens is 278 g/mol. The van der Waals surface area contributed by atoms with Crippen LogP contribution < -0.4 is 10.6 Å². The van der Waals surface area contributed by atoms with Crippen LogP contribution in [-0.2, 0) is 14.3 Å². The Labute approximate surface area is 120 Å². The minimum atomic E-state index is -0.818. The lowest BCUT2D eigenvalue weighted by atomic mass is 10.2. The minimum Gasteiger partial charge on any atom is -0.376 e. The van der Waals surface area contributed by atoms with E-state index in [1.165, 1.54) is 24.3 Å². The van der Waals surface area contributed by atoms with Crippen molar-refractivity contribution in [2.24, 2.45) is 0 Å². The van der Waals surface area contributed by atoms with Gasteiger partial charge in [0.2, 0.25) is 0 Å². The molecule has 0 aliphatic carbocycles. The molecule has 1 aromatic rings. The van der Waals surface area contributed by atoms with Crippen LogP contribution in [0.15, 0.2) is 24.3 Å². The highest BCUT2D eigenvalue weighted by atomic mass is 16.6. The lowest BCUT2D eigenvalue weighted by Crippen LogP contribution is -2.39. The lowest BCUT2D eigenvalue weighted by molar-refractivity contribution is -0.384. The number of nitro benzene ring substituents is 1. The van der Waals surface area contributed by atoms with E-state index < -0.39 is 16.7 Å². The fourth-order valence-electron chi connectivity index (χ4n) is 1.95. The van der Waals surface area contributed by atoms with Crippen molar-refractivity contribution in [2.75, 3.05) is 18.5 Å². The summed E-state index contributed by atoms with van der Waals surface area (Å²) in [5, 5.41) is 15.4. The molecule has 1 saturated heterocycles. The van der Waals surface area contributed by atoms with Gasteiger partial charge in [0, 0.05) is 31.0 Å². The summed E-state index contributed by atoms with van der Waals surface area (Å²) in [6.45, 7) is 0.974. The van der Waals surface area contributed by atoms with E-state index in [1.54, 1.807) is 0 Å². The van der Waals surface area contributed by atoms with Crippen molar-refractivity contribution in [1.82, 2.24) is 5.32 Å². The SMILES string of the molecule is O=C(NC[C@H]1CCCO1)C(=O)Nc1ccc([N+](=O)[O-])cc1. The van der Waals surface area contributed by atoms with Crippen molar-refractivity contribution in [2.45, 2.75) is 18.9 Å². The summed E-state index contributed by atoms with van der Waals surface area (Å²) in [4.78, 5) is 33.2. The van der Waals surface area contributed by atoms with Gasteiger partial charge in [-0.05, 0) is 25.0 Å². The first-order chi connectivity index (χ1) is 10.1. The second-order valence-electron chi connectivity index (χ2n) is 4.60. The molecular formula is C13H15N3O5. The monoisotopic (exact) mass is 293 g/mol. The quantitative estimate of drug-likeness (QED) is 0.485. The Morgan fingerprint density at radius 3 is 2.57 bits per heavy atom. The van der Waals surface area contributed by atoms with Crippen molar-refractivity contribution in [3.05, 3.63) is 34.4 Å². The molecule has 1 fully saturated rings. The van der Waals surface area contributed by atoms with E-state index in [0.717, 1.165) is 12.8 Å². The molecule has 0 unspecified atom stereocenters. The van der Waals surface area contributed by atoms with E-state index >= 15 is 0 Å². The summed E-state index contributed by atoms with van der Waals surface area (Å²) in [6, 6.07) is 5.23. The molecule has 1 aliphatic heterocycles. The maximum Gasteiger partial charge on any atom is 0.313 e. The molecule has 1 aliphatic rings. The summed E-state index contributed by atoms with van der Waals surface area (Å²) < 4.78 is 5.33. The molecule has 8 nitrogen and oxygen atoms in total. The first-order valence-electron chi connectivity index (χ1n) is 6.51. The number of rotatable bonds is 4. The van der Waals surface area contributed by atoms with Gasteiger partial charge in [-0.25, -0.2) is 0 Å². The molecule has 0 aromatic heterocycles. The third-order valence-electron chi connectivity index (χ3n) is 3.06. The highest BCUT2D eigenvalue weighted by molar-refractivity contribution is 6.39. The van der Waals surface area contributed by atoms with Gasteiger partial charge in [-0.2, -0.15) is 0 Å². The van der Waals surface area contributed by atoms with Crippen LogP contribution in [0.5, 0.6) is 0 Å². The molecule has 1 atom stereocenters. The zero-order valence-electron chi connectivity index (χ0n) is 11.2. The van der Waals surface area contributed by atoms with Gasteiger partial charge in [-0.3, -0.25) is 19.7 Å². The molecule has 0 bridgehead atoms. The molecule has 2 amide bonds. The maximum absolute atomic E-state index is 11.6. The lowest BCUT2D eigenvalue weighted by Gasteiger charge is -2.10. The Morgan fingerprint density at radius 1 is 1.29 bits per heavy atom. The van der Waals surface area contributed by atoms with Crippen molar-refractivity contribution >= 4 is 23.2 Å². The minimum absolute atomic E-state index is 0.0406. The Balaban J connectivity index is 1.82. The zero-order chi connectivity index (χ0) is 15.2. The van der Waals surface area contributed by atoms with E-state index in [0.29, 0.717) is 18.8 Å². The Hall–Kier alpha value is -2.48. The van der Waals surface area contributed by atoms with Crippen molar-refractivity contribution in [1.29, 1.82) is 0 Å². The second-order valence-corrected chi connectivity index (χ2v) is 4.60. The standard InChI is InChI=1S/C13H15N3O5/c17-12(14-8-11-2-1-7-21-11)13(18)15-9-3-5-10(6-4-9)16(19)20/h3-6,11H,1-2,7-8H2,(H,14,17)(H,15,18)/t11-/m1/s1. The van der Waals surface area contributed by atoms with Gasteiger partial charge >= 0.3 is 11.8 Å². The van der Waals surface area contributed by atoms with E-state index in [2.05, 4.69) is 10.6 Å². The van der Waals surface area contributed by atoms with Crippen molar-refractivity contribution < 1.29 is 19.2 Å². The topological polar surface area (TPSA) is 111 Å². The summed E-state index contributed by atoms with van der Waals surface area (Å²) >= 11 is 0. The molecule has 0 saturated carbocycles. The van der Waals surface area contributed by atoms with E-state index in [1.807, 2.05) is 0 Å². The smallest absolute Gasteiger partial charge is 0.313 e. The number of carbonyl (C=O) groups is 2. The molecule has 1 heterocycles. The molecule has 112 valence electrons. The van der Waals surface area contributed by atoms with E-state index in [9.17, 15) is 19.7 Å². The van der Waals surface area contributed by atoms with E-state index in [-0.39, 0.29) is 11.8 Å². The summed E-state index contributed by atoms with van der Waals surface area (Å²) in [5.41, 5.74) is 0.230. The largest absolute Gasteiger partial charge is 0.376 e. The average Bonchev–Trinajstić information content (AvgIpc) is 2.98. The van der Waals surface area contributed by atoms with Crippen LogP contribution in [-0.4, -0.2) is 36.0 Å². The van der Waals surface area contributed by atoms with Gasteiger partial charge < -0.3 is 15.4 Å². The molecule has 2 rings (SSSR count). The number of hydrogen-bond donors (Lipinski definition) is 2. The van der Waals surface area contributed by atoms with Crippen molar-refractivity contribution in [3.8, 4) is 0 Å². The van der Waals surface area contributed by atoms with Crippen LogP contribution in [0.3, 0.4) is 0 Å². The Morgan fingerprint density at radius 2 is 2.00 bits per heavy atom. The Bertz CT molecular complexity index is 537. The third-order valence-corrected chi connectivity index (χ3v) is 3.06. The van der Waals surface area contributed by atoms with Crippen LogP contribution >= 0.6 is 0 Å². The first kappa shape index (κ1) is 14.9. The van der Waals surface area contributed by atoms with Crippen LogP contribution in [0.25, 0.3) is 0 Å². The van der Waals surface area contributed by atoms with E-state index in [4.69, 9.17) is 4.74 Å². The molecule has 0 radical (unpaired) electrons. The molecule has 8 heteroatoms. The molecule has 2 N–H and O–H groups in total. The number of non-ortho nitro benzene ring substituents is 1. The van der Waals surface area contributed by atoms with Gasteiger partial charge in [0.15, 0.2) is 0 Å². The van der Waals surface area contributed by atoms with Crippen LogP contribution in [0.1, 0.15) is 12.8 Å². The highest BCUT2D eigenvalue weighted by Gasteiger charge is 2.19. The second kappa shape index (κ2) is 6.80. The number of benzene rings is 1. The molecule has 0 spiro atoms.